The van der Waals surface area contributed by atoms with Crippen LogP contribution in [0.5, 0.6) is 0 Å². The molecule has 3 aliphatic heterocycles. The minimum atomic E-state index is -4.59. The van der Waals surface area contributed by atoms with E-state index in [1.54, 1.807) is 6.07 Å². The highest BCUT2D eigenvalue weighted by molar-refractivity contribution is 5.80. The van der Waals surface area contributed by atoms with Crippen molar-refractivity contribution in [3.8, 4) is 0 Å². The average Bonchev–Trinajstić information content (AvgIpc) is 3.09. The molecule has 3 saturated heterocycles. The number of aromatic nitrogens is 1. The molecule has 6 rings (SSSR count). The molecule has 1 aromatic heterocycles. The molecule has 2 aromatic rings. The van der Waals surface area contributed by atoms with Crippen LogP contribution in [0.4, 0.5) is 19.0 Å². The summed E-state index contributed by atoms with van der Waals surface area (Å²) in [5.74, 6) is -0.0822. The summed E-state index contributed by atoms with van der Waals surface area (Å²) < 4.78 is 42.6. The molecule has 35 heavy (non-hydrogen) atoms. The Bertz CT molecular complexity index is 1080. The summed E-state index contributed by atoms with van der Waals surface area (Å²) in [6.45, 7) is 6.75. The van der Waals surface area contributed by atoms with Gasteiger partial charge in [0.05, 0.1) is 5.92 Å². The number of benzene rings is 1. The predicted octanol–water partition coefficient (Wildman–Crippen LogP) is 4.80. The molecule has 3 unspecified atom stereocenters. The van der Waals surface area contributed by atoms with Gasteiger partial charge in [0.1, 0.15) is 5.82 Å². The third kappa shape index (κ3) is 4.41. The largest absolute Gasteiger partial charge is 0.413 e. The van der Waals surface area contributed by atoms with Crippen molar-refractivity contribution in [1.82, 2.24) is 14.8 Å². The van der Waals surface area contributed by atoms with Gasteiger partial charge in [0.2, 0.25) is 5.91 Å². The van der Waals surface area contributed by atoms with Crippen LogP contribution in [0.2, 0.25) is 0 Å². The Kier molecular flexibility index (Phi) is 6.06. The number of pyridine rings is 1. The first-order valence-electron chi connectivity index (χ1n) is 12.4. The zero-order chi connectivity index (χ0) is 25.0. The van der Waals surface area contributed by atoms with E-state index in [0.29, 0.717) is 12.4 Å². The van der Waals surface area contributed by atoms with Crippen LogP contribution in [0.1, 0.15) is 49.4 Å². The summed E-state index contributed by atoms with van der Waals surface area (Å²) in [6, 6.07) is 9.41. The van der Waals surface area contributed by atoms with Gasteiger partial charge in [-0.15, -0.1) is 0 Å². The van der Waals surface area contributed by atoms with Crippen LogP contribution in [0.3, 0.4) is 0 Å². The first-order chi connectivity index (χ1) is 16.6. The highest BCUT2D eigenvalue weighted by atomic mass is 19.4. The average molecular weight is 487 g/mol. The van der Waals surface area contributed by atoms with E-state index >= 15 is 0 Å². The number of alkyl halides is 3. The third-order valence-corrected chi connectivity index (χ3v) is 8.45. The second kappa shape index (κ2) is 8.80. The maximum atomic E-state index is 14.2. The number of fused-ring (bicyclic) bond motifs is 4. The van der Waals surface area contributed by atoms with Crippen LogP contribution in [0, 0.1) is 11.8 Å². The number of hydrogen-bond acceptors (Lipinski definition) is 4. The first kappa shape index (κ1) is 24.1. The summed E-state index contributed by atoms with van der Waals surface area (Å²) in [5.41, 5.74) is 2.40. The molecule has 1 N–H and O–H groups in total. The minimum Gasteiger partial charge on any atom is -0.366 e. The molecular weight excluding hydrogens is 453 g/mol. The van der Waals surface area contributed by atoms with E-state index in [9.17, 15) is 18.0 Å². The highest BCUT2D eigenvalue weighted by Crippen LogP contribution is 2.42. The highest BCUT2D eigenvalue weighted by Gasteiger charge is 2.48. The summed E-state index contributed by atoms with van der Waals surface area (Å²) >= 11 is 0. The van der Waals surface area contributed by atoms with Crippen molar-refractivity contribution in [2.45, 2.75) is 56.8 Å². The molecule has 4 aliphatic rings. The lowest BCUT2D eigenvalue weighted by atomic mass is 9.78. The molecule has 3 atom stereocenters. The molecule has 0 spiro atoms. The molecule has 4 heterocycles. The minimum absolute atomic E-state index is 0.0193. The van der Waals surface area contributed by atoms with Crippen molar-refractivity contribution in [3.05, 3.63) is 59.3 Å². The lowest BCUT2D eigenvalue weighted by molar-refractivity contribution is -0.192. The van der Waals surface area contributed by atoms with Crippen LogP contribution >= 0.6 is 0 Å². The van der Waals surface area contributed by atoms with Crippen molar-refractivity contribution in [3.63, 3.8) is 0 Å². The van der Waals surface area contributed by atoms with Gasteiger partial charge in [-0.1, -0.05) is 44.2 Å². The zero-order valence-electron chi connectivity index (χ0n) is 20.5. The Balaban J connectivity index is 1.33. The Morgan fingerprint density at radius 1 is 1.17 bits per heavy atom. The summed E-state index contributed by atoms with van der Waals surface area (Å²) in [6.07, 6.45) is -0.747. The summed E-state index contributed by atoms with van der Waals surface area (Å²) in [7, 11) is 1.28. The monoisotopic (exact) mass is 486 g/mol. The van der Waals surface area contributed by atoms with Gasteiger partial charge in [-0.2, -0.15) is 13.2 Å². The number of nitrogens with one attached hydrogen (secondary N) is 1. The smallest absolute Gasteiger partial charge is 0.366 e. The molecule has 3 fully saturated rings. The summed E-state index contributed by atoms with van der Waals surface area (Å²) in [4.78, 5) is 20.6. The lowest BCUT2D eigenvalue weighted by Gasteiger charge is -2.45. The molecular formula is C27H33F3N4O. The number of hydrogen-bond donors (Lipinski definition) is 1. The fourth-order valence-corrected chi connectivity index (χ4v) is 6.32. The van der Waals surface area contributed by atoms with E-state index < -0.39 is 18.1 Å². The number of nitrogens with zero attached hydrogens (tertiary/aromatic N) is 3. The topological polar surface area (TPSA) is 48.5 Å². The van der Waals surface area contributed by atoms with Gasteiger partial charge in [0, 0.05) is 36.8 Å². The Morgan fingerprint density at radius 2 is 1.89 bits per heavy atom. The second-order valence-electron chi connectivity index (χ2n) is 10.9. The van der Waals surface area contributed by atoms with Gasteiger partial charge in [-0.25, -0.2) is 4.98 Å². The maximum Gasteiger partial charge on any atom is 0.413 e. The van der Waals surface area contributed by atoms with Crippen LogP contribution < -0.4 is 5.32 Å². The normalized spacial score (nSPS) is 27.8. The van der Waals surface area contributed by atoms with Crippen LogP contribution in [-0.2, 0) is 16.6 Å². The fraction of sp³-hybridized carbons (Fsp3) is 0.556. The quantitative estimate of drug-likeness (QED) is 0.660. The van der Waals surface area contributed by atoms with Gasteiger partial charge >= 0.3 is 6.18 Å². The molecule has 8 heteroatoms. The SMILES string of the molecule is CN(C(=O)C1CN2CCC1CC2)C(c1ccc(NC2Cc3ccccc3C2(C)C)nc1)C(F)(F)F. The van der Waals surface area contributed by atoms with Crippen LogP contribution in [0.15, 0.2) is 42.6 Å². The van der Waals surface area contributed by atoms with Crippen molar-refractivity contribution in [1.29, 1.82) is 0 Å². The van der Waals surface area contributed by atoms with Crippen molar-refractivity contribution in [2.75, 3.05) is 32.0 Å². The summed E-state index contributed by atoms with van der Waals surface area (Å²) in [5, 5.41) is 3.43. The first-order valence-corrected chi connectivity index (χ1v) is 12.4. The Hall–Kier alpha value is -2.61. The van der Waals surface area contributed by atoms with E-state index in [1.807, 2.05) is 12.1 Å². The van der Waals surface area contributed by atoms with E-state index in [-0.39, 0.29) is 28.9 Å². The van der Waals surface area contributed by atoms with E-state index in [1.165, 1.54) is 30.4 Å². The molecule has 1 amide bonds. The number of halogens is 3. The van der Waals surface area contributed by atoms with Crippen molar-refractivity contribution >= 4 is 11.7 Å². The molecule has 5 nitrogen and oxygen atoms in total. The standard InChI is InChI=1S/C27H33F3N4O/c1-26(2)21-7-5-4-6-18(21)14-22(26)32-23-9-8-19(15-31-23)24(27(28,29)30)33(3)25(35)20-16-34-12-10-17(20)11-13-34/h4-9,15,17,20,22,24H,10-14,16H2,1-3H3,(H,31,32). The van der Waals surface area contributed by atoms with Gasteiger partial charge in [-0.05, 0) is 55.5 Å². The second-order valence-corrected chi connectivity index (χ2v) is 10.9. The number of carbonyl (C=O) groups is 1. The molecule has 188 valence electrons. The number of anilines is 1. The zero-order valence-corrected chi connectivity index (χ0v) is 20.5. The lowest BCUT2D eigenvalue weighted by Crippen LogP contribution is -2.54. The number of rotatable bonds is 5. The number of carbonyl (C=O) groups excluding carboxylic acids is 1. The maximum absolute atomic E-state index is 14.2. The van der Waals surface area contributed by atoms with E-state index in [2.05, 4.69) is 41.2 Å². The van der Waals surface area contributed by atoms with Crippen molar-refractivity contribution in [2.24, 2.45) is 11.8 Å². The molecule has 0 radical (unpaired) electrons. The van der Waals surface area contributed by atoms with E-state index in [0.717, 1.165) is 37.3 Å². The molecule has 1 aromatic carbocycles. The van der Waals surface area contributed by atoms with Gasteiger partial charge in [-0.3, -0.25) is 4.79 Å². The fourth-order valence-electron chi connectivity index (χ4n) is 6.32. The van der Waals surface area contributed by atoms with Gasteiger partial charge < -0.3 is 15.1 Å². The Labute approximate surface area is 204 Å². The van der Waals surface area contributed by atoms with Gasteiger partial charge in [0.25, 0.3) is 0 Å². The number of amides is 1. The van der Waals surface area contributed by atoms with Gasteiger partial charge in [0.15, 0.2) is 6.04 Å². The molecule has 0 saturated carbocycles. The van der Waals surface area contributed by atoms with Crippen LogP contribution in [-0.4, -0.2) is 59.6 Å². The van der Waals surface area contributed by atoms with E-state index in [4.69, 9.17) is 0 Å². The number of piperidine rings is 3. The Morgan fingerprint density at radius 3 is 2.46 bits per heavy atom. The predicted molar refractivity (Wildman–Crippen MR) is 129 cm³/mol. The third-order valence-electron chi connectivity index (χ3n) is 8.45. The van der Waals surface area contributed by atoms with Crippen molar-refractivity contribution < 1.29 is 18.0 Å². The molecule has 1 aliphatic carbocycles. The molecule has 2 bridgehead atoms. The van der Waals surface area contributed by atoms with Crippen LogP contribution in [0.25, 0.3) is 0 Å².